The van der Waals surface area contributed by atoms with E-state index >= 15 is 0 Å². The number of hydrogen-bond acceptors (Lipinski definition) is 7. The van der Waals surface area contributed by atoms with Gasteiger partial charge in [-0.1, -0.05) is 0 Å². The molecular formula is C23H25F3N6O3S. The molecule has 192 valence electrons. The fourth-order valence-electron chi connectivity index (χ4n) is 4.37. The van der Waals surface area contributed by atoms with Crippen LogP contribution in [0.4, 0.5) is 24.7 Å². The van der Waals surface area contributed by atoms with Gasteiger partial charge in [-0.05, 0) is 37.1 Å². The van der Waals surface area contributed by atoms with Crippen LogP contribution in [-0.4, -0.2) is 68.6 Å². The molecule has 3 heterocycles. The highest BCUT2D eigenvalue weighted by atomic mass is 32.2. The van der Waals surface area contributed by atoms with Crippen molar-refractivity contribution < 1.29 is 26.4 Å². The number of amides is 1. The Balaban J connectivity index is 1.27. The summed E-state index contributed by atoms with van der Waals surface area (Å²) in [6.07, 6.45) is 1.65. The van der Waals surface area contributed by atoms with Crippen LogP contribution in [0.1, 0.15) is 19.3 Å². The SMILES string of the molecule is N#C[C@@H]1C[C@H](F)CN1C(=O)CNC1CCN(c2ccc(NS(=O)(=O)c3ccc(F)cc3F)cn2)CC1. The number of halogens is 3. The lowest BCUT2D eigenvalue weighted by atomic mass is 10.0. The summed E-state index contributed by atoms with van der Waals surface area (Å²) in [7, 11) is -4.26. The first-order valence-corrected chi connectivity index (χ1v) is 12.9. The standard InChI is InChI=1S/C23H25F3N6O3S/c24-15-1-3-21(20(26)10-15)36(34,35)30-18-2-4-22(29-12-18)31-7-5-17(6-8-31)28-13-23(33)32-14-16(25)9-19(32)11-27/h1-4,10,12,16-17,19,28,30H,5-9,13-14H2/t16-,19-/m0/s1. The molecule has 2 atom stereocenters. The summed E-state index contributed by atoms with van der Waals surface area (Å²) in [5, 5.41) is 12.3. The predicted octanol–water partition coefficient (Wildman–Crippen LogP) is 2.18. The number of nitrogens with one attached hydrogen (secondary N) is 2. The first kappa shape index (κ1) is 25.7. The Morgan fingerprint density at radius 3 is 2.58 bits per heavy atom. The summed E-state index contributed by atoms with van der Waals surface area (Å²) >= 11 is 0. The van der Waals surface area contributed by atoms with Crippen LogP contribution in [0.3, 0.4) is 0 Å². The van der Waals surface area contributed by atoms with Crippen LogP contribution >= 0.6 is 0 Å². The number of nitriles is 1. The Labute approximate surface area is 207 Å². The lowest BCUT2D eigenvalue weighted by molar-refractivity contribution is -0.130. The molecule has 0 saturated carbocycles. The number of carbonyl (C=O) groups excluding carboxylic acids is 1. The summed E-state index contributed by atoms with van der Waals surface area (Å²) < 4.78 is 67.6. The van der Waals surface area contributed by atoms with Crippen LogP contribution in [-0.2, 0) is 14.8 Å². The van der Waals surface area contributed by atoms with E-state index in [-0.39, 0.29) is 37.1 Å². The number of aromatic nitrogens is 1. The van der Waals surface area contributed by atoms with Gasteiger partial charge in [-0.3, -0.25) is 9.52 Å². The molecule has 0 unspecified atom stereocenters. The van der Waals surface area contributed by atoms with Gasteiger partial charge in [-0.15, -0.1) is 0 Å². The second-order valence-corrected chi connectivity index (χ2v) is 10.4. The maximum absolute atomic E-state index is 13.9. The molecule has 36 heavy (non-hydrogen) atoms. The number of sulfonamides is 1. The summed E-state index contributed by atoms with van der Waals surface area (Å²) in [5.74, 6) is -1.73. The van der Waals surface area contributed by atoms with Crippen molar-refractivity contribution in [2.45, 2.75) is 42.4 Å². The van der Waals surface area contributed by atoms with E-state index in [2.05, 4.69) is 15.0 Å². The van der Waals surface area contributed by atoms with Crippen molar-refractivity contribution in [1.29, 1.82) is 5.26 Å². The van der Waals surface area contributed by atoms with Crippen LogP contribution in [0.25, 0.3) is 0 Å². The van der Waals surface area contributed by atoms with Crippen molar-refractivity contribution in [3.05, 3.63) is 48.2 Å². The largest absolute Gasteiger partial charge is 0.357 e. The number of piperidine rings is 1. The highest BCUT2D eigenvalue weighted by Crippen LogP contribution is 2.23. The second kappa shape index (κ2) is 10.7. The van der Waals surface area contributed by atoms with Gasteiger partial charge in [-0.2, -0.15) is 5.26 Å². The van der Waals surface area contributed by atoms with E-state index in [0.29, 0.717) is 25.0 Å². The fourth-order valence-corrected chi connectivity index (χ4v) is 5.47. The highest BCUT2D eigenvalue weighted by molar-refractivity contribution is 7.92. The number of rotatable bonds is 7. The van der Waals surface area contributed by atoms with Gasteiger partial charge in [0.15, 0.2) is 0 Å². The van der Waals surface area contributed by atoms with Crippen LogP contribution in [0.2, 0.25) is 0 Å². The van der Waals surface area contributed by atoms with E-state index in [9.17, 15) is 26.4 Å². The third kappa shape index (κ3) is 5.88. The van der Waals surface area contributed by atoms with Gasteiger partial charge < -0.3 is 15.1 Å². The topological polar surface area (TPSA) is 118 Å². The van der Waals surface area contributed by atoms with Crippen molar-refractivity contribution in [3.63, 3.8) is 0 Å². The molecule has 0 aliphatic carbocycles. The summed E-state index contributed by atoms with van der Waals surface area (Å²) in [6.45, 7) is 1.27. The van der Waals surface area contributed by atoms with E-state index in [1.807, 2.05) is 11.0 Å². The summed E-state index contributed by atoms with van der Waals surface area (Å²) in [6, 6.07) is 6.69. The molecule has 9 nitrogen and oxygen atoms in total. The predicted molar refractivity (Wildman–Crippen MR) is 125 cm³/mol. The zero-order valence-corrected chi connectivity index (χ0v) is 20.0. The molecule has 0 spiro atoms. The molecule has 4 rings (SSSR count). The van der Waals surface area contributed by atoms with Crippen LogP contribution in [0.5, 0.6) is 0 Å². The molecule has 1 amide bonds. The minimum absolute atomic E-state index is 0.0390. The number of likely N-dealkylation sites (tertiary alicyclic amines) is 1. The van der Waals surface area contributed by atoms with Crippen LogP contribution in [0.15, 0.2) is 41.4 Å². The smallest absolute Gasteiger partial charge is 0.264 e. The molecular weight excluding hydrogens is 497 g/mol. The molecule has 2 aliphatic heterocycles. The molecule has 2 fully saturated rings. The van der Waals surface area contributed by atoms with Crippen molar-refractivity contribution in [1.82, 2.24) is 15.2 Å². The monoisotopic (exact) mass is 522 g/mol. The zero-order chi connectivity index (χ0) is 25.9. The highest BCUT2D eigenvalue weighted by Gasteiger charge is 2.35. The first-order chi connectivity index (χ1) is 17.2. The minimum Gasteiger partial charge on any atom is -0.357 e. The lowest BCUT2D eigenvalue weighted by Crippen LogP contribution is -2.47. The molecule has 2 saturated heterocycles. The Kier molecular flexibility index (Phi) is 7.65. The number of benzene rings is 1. The van der Waals surface area contributed by atoms with Crippen LogP contribution in [0, 0.1) is 23.0 Å². The van der Waals surface area contributed by atoms with E-state index in [0.717, 1.165) is 25.0 Å². The molecule has 0 radical (unpaired) electrons. The third-order valence-electron chi connectivity index (χ3n) is 6.26. The number of carbonyl (C=O) groups is 1. The summed E-state index contributed by atoms with van der Waals surface area (Å²) in [5.41, 5.74) is 0.130. The van der Waals surface area contributed by atoms with Crippen molar-refractivity contribution in [3.8, 4) is 6.07 Å². The van der Waals surface area contributed by atoms with E-state index in [1.54, 1.807) is 6.07 Å². The zero-order valence-electron chi connectivity index (χ0n) is 19.2. The fraction of sp³-hybridized carbons (Fsp3) is 0.435. The summed E-state index contributed by atoms with van der Waals surface area (Å²) in [4.78, 5) is 19.3. The molecule has 2 aliphatic rings. The second-order valence-electron chi connectivity index (χ2n) is 8.75. The quantitative estimate of drug-likeness (QED) is 0.572. The van der Waals surface area contributed by atoms with E-state index in [4.69, 9.17) is 5.26 Å². The van der Waals surface area contributed by atoms with Gasteiger partial charge in [-0.25, -0.2) is 26.6 Å². The van der Waals surface area contributed by atoms with Gasteiger partial charge in [0, 0.05) is 31.6 Å². The number of pyridine rings is 1. The number of alkyl halides is 1. The lowest BCUT2D eigenvalue weighted by Gasteiger charge is -2.33. The third-order valence-corrected chi connectivity index (χ3v) is 7.68. The molecule has 2 aromatic rings. The van der Waals surface area contributed by atoms with E-state index < -0.39 is 38.8 Å². The van der Waals surface area contributed by atoms with E-state index in [1.165, 1.54) is 17.2 Å². The average molecular weight is 523 g/mol. The van der Waals surface area contributed by atoms with Gasteiger partial charge in [0.2, 0.25) is 5.91 Å². The van der Waals surface area contributed by atoms with Gasteiger partial charge >= 0.3 is 0 Å². The molecule has 1 aromatic heterocycles. The van der Waals surface area contributed by atoms with Gasteiger partial charge in [0.25, 0.3) is 10.0 Å². The van der Waals surface area contributed by atoms with Crippen molar-refractivity contribution in [2.75, 3.05) is 35.8 Å². The Hall–Kier alpha value is -3.37. The van der Waals surface area contributed by atoms with Crippen LogP contribution < -0.4 is 14.9 Å². The van der Waals surface area contributed by atoms with Gasteiger partial charge in [0.05, 0.1) is 31.0 Å². The Bertz CT molecular complexity index is 1250. The molecule has 0 bridgehead atoms. The first-order valence-electron chi connectivity index (χ1n) is 11.4. The maximum atomic E-state index is 13.9. The van der Waals surface area contributed by atoms with Gasteiger partial charge in [0.1, 0.15) is 34.6 Å². The number of hydrogen-bond donors (Lipinski definition) is 2. The Morgan fingerprint density at radius 1 is 1.19 bits per heavy atom. The molecule has 2 N–H and O–H groups in total. The van der Waals surface area contributed by atoms with Crippen molar-refractivity contribution >= 4 is 27.4 Å². The number of nitrogens with zero attached hydrogens (tertiary/aromatic N) is 4. The molecule has 13 heteroatoms. The normalized spacial score (nSPS) is 20.8. The number of anilines is 2. The average Bonchev–Trinajstić information content (AvgIpc) is 3.24. The Morgan fingerprint density at radius 2 is 1.94 bits per heavy atom. The van der Waals surface area contributed by atoms with Crippen molar-refractivity contribution in [2.24, 2.45) is 0 Å². The molecule has 1 aromatic carbocycles. The minimum atomic E-state index is -4.26. The maximum Gasteiger partial charge on any atom is 0.264 e.